The molecule has 0 aliphatic carbocycles. The van der Waals surface area contributed by atoms with Crippen LogP contribution in [0.5, 0.6) is 0 Å². The van der Waals surface area contributed by atoms with Crippen LogP contribution in [-0.4, -0.2) is 23.1 Å². The number of carboxylic acids is 1. The van der Waals surface area contributed by atoms with E-state index in [0.717, 1.165) is 12.7 Å². The van der Waals surface area contributed by atoms with Crippen molar-refractivity contribution in [2.24, 2.45) is 0 Å². The molecule has 0 aliphatic heterocycles. The zero-order valence-electron chi connectivity index (χ0n) is 9.35. The Morgan fingerprint density at radius 2 is 1.56 bits per heavy atom. The first-order valence-electron chi connectivity index (χ1n) is 5.49. The molecule has 90 valence electrons. The van der Waals surface area contributed by atoms with Gasteiger partial charge in [-0.1, -0.05) is 12.2 Å². The number of carbonyl (C=O) groups excluding carboxylic acids is 2. The molecule has 16 heavy (non-hydrogen) atoms. The Hall–Kier alpha value is -1.45. The Balaban J connectivity index is 3.36. The van der Waals surface area contributed by atoms with Crippen LogP contribution < -0.4 is 0 Å². The summed E-state index contributed by atoms with van der Waals surface area (Å²) in [5.41, 5.74) is 0. The summed E-state index contributed by atoms with van der Waals surface area (Å²) in [5, 5.41) is 8.37. The fraction of sp³-hybridized carbons (Fsp3) is 0.583. The SMILES string of the molecule is O=CCCC(=O)CC/C=C\CCCC(=O)O. The highest BCUT2D eigenvalue weighted by Gasteiger charge is 1.98. The summed E-state index contributed by atoms with van der Waals surface area (Å²) >= 11 is 0. The lowest BCUT2D eigenvalue weighted by Crippen LogP contribution is -1.96. The highest BCUT2D eigenvalue weighted by Crippen LogP contribution is 2.01. The van der Waals surface area contributed by atoms with Gasteiger partial charge in [-0.15, -0.1) is 0 Å². The maximum atomic E-state index is 11.1. The van der Waals surface area contributed by atoms with Gasteiger partial charge in [0.15, 0.2) is 0 Å². The van der Waals surface area contributed by atoms with Crippen molar-refractivity contribution in [1.29, 1.82) is 0 Å². The van der Waals surface area contributed by atoms with Crippen LogP contribution in [0.3, 0.4) is 0 Å². The fourth-order valence-corrected chi connectivity index (χ4v) is 1.20. The van der Waals surface area contributed by atoms with Gasteiger partial charge in [0.2, 0.25) is 0 Å². The van der Waals surface area contributed by atoms with Crippen molar-refractivity contribution in [2.75, 3.05) is 0 Å². The number of aliphatic carboxylic acids is 1. The van der Waals surface area contributed by atoms with E-state index in [-0.39, 0.29) is 12.2 Å². The van der Waals surface area contributed by atoms with E-state index in [0.29, 0.717) is 32.1 Å². The largest absolute Gasteiger partial charge is 0.481 e. The number of Topliss-reactive ketones (excluding diaryl/α,β-unsaturated/α-hetero) is 1. The molecule has 0 heterocycles. The third kappa shape index (κ3) is 10.6. The van der Waals surface area contributed by atoms with Crippen molar-refractivity contribution in [3.8, 4) is 0 Å². The smallest absolute Gasteiger partial charge is 0.303 e. The maximum absolute atomic E-state index is 11.1. The van der Waals surface area contributed by atoms with Crippen molar-refractivity contribution >= 4 is 18.0 Å². The lowest BCUT2D eigenvalue weighted by atomic mass is 10.1. The van der Waals surface area contributed by atoms with Crippen LogP contribution in [0.15, 0.2) is 12.2 Å². The van der Waals surface area contributed by atoms with Crippen LogP contribution in [0, 0.1) is 0 Å². The monoisotopic (exact) mass is 226 g/mol. The summed E-state index contributed by atoms with van der Waals surface area (Å²) in [4.78, 5) is 31.3. The van der Waals surface area contributed by atoms with Crippen molar-refractivity contribution in [2.45, 2.75) is 44.9 Å². The first kappa shape index (κ1) is 14.6. The number of unbranched alkanes of at least 4 members (excludes halogenated alkanes) is 1. The molecule has 0 saturated heterocycles. The van der Waals surface area contributed by atoms with Gasteiger partial charge in [-0.25, -0.2) is 0 Å². The molecule has 0 atom stereocenters. The van der Waals surface area contributed by atoms with E-state index < -0.39 is 5.97 Å². The van der Waals surface area contributed by atoms with Crippen LogP contribution in [0.2, 0.25) is 0 Å². The Labute approximate surface area is 95.3 Å². The number of aldehydes is 1. The Morgan fingerprint density at radius 1 is 0.938 bits per heavy atom. The first-order chi connectivity index (χ1) is 7.66. The fourth-order valence-electron chi connectivity index (χ4n) is 1.20. The molecule has 0 unspecified atom stereocenters. The summed E-state index contributed by atoms with van der Waals surface area (Å²) in [6.07, 6.45) is 7.85. The molecule has 4 heteroatoms. The number of hydrogen-bond donors (Lipinski definition) is 1. The quantitative estimate of drug-likeness (QED) is 0.352. The van der Waals surface area contributed by atoms with Gasteiger partial charge in [0.25, 0.3) is 0 Å². The van der Waals surface area contributed by atoms with E-state index >= 15 is 0 Å². The van der Waals surface area contributed by atoms with E-state index in [4.69, 9.17) is 5.11 Å². The van der Waals surface area contributed by atoms with Gasteiger partial charge in [-0.3, -0.25) is 9.59 Å². The molecule has 0 amide bonds. The predicted octanol–water partition coefficient (Wildman–Crippen LogP) is 2.13. The van der Waals surface area contributed by atoms with Gasteiger partial charge in [0.05, 0.1) is 0 Å². The molecule has 0 spiro atoms. The van der Waals surface area contributed by atoms with Crippen molar-refractivity contribution in [3.63, 3.8) is 0 Å². The van der Waals surface area contributed by atoms with Gasteiger partial charge in [0.1, 0.15) is 12.1 Å². The van der Waals surface area contributed by atoms with E-state index in [1.54, 1.807) is 0 Å². The molecule has 0 aromatic heterocycles. The minimum atomic E-state index is -0.780. The average molecular weight is 226 g/mol. The lowest BCUT2D eigenvalue weighted by molar-refractivity contribution is -0.137. The molecular formula is C12H18O4. The lowest BCUT2D eigenvalue weighted by Gasteiger charge is -1.94. The van der Waals surface area contributed by atoms with Crippen molar-refractivity contribution in [3.05, 3.63) is 12.2 Å². The molecule has 0 aromatic carbocycles. The summed E-state index contributed by atoms with van der Waals surface area (Å²) < 4.78 is 0. The van der Waals surface area contributed by atoms with Crippen LogP contribution in [-0.2, 0) is 14.4 Å². The minimum absolute atomic E-state index is 0.0993. The number of ketones is 1. The zero-order chi connectivity index (χ0) is 12.2. The van der Waals surface area contributed by atoms with E-state index in [1.807, 2.05) is 12.2 Å². The van der Waals surface area contributed by atoms with Crippen LogP contribution in [0.25, 0.3) is 0 Å². The normalized spacial score (nSPS) is 10.5. The van der Waals surface area contributed by atoms with Crippen molar-refractivity contribution < 1.29 is 19.5 Å². The standard InChI is InChI=1S/C12H18O4/c13-10-6-8-11(14)7-4-2-1-3-5-9-12(15)16/h1-2,10H,3-9H2,(H,15,16)/b2-1-. The molecule has 4 nitrogen and oxygen atoms in total. The number of allylic oxidation sites excluding steroid dienone is 2. The number of carbonyl (C=O) groups is 3. The second-order valence-electron chi connectivity index (χ2n) is 3.54. The molecular weight excluding hydrogens is 208 g/mol. The number of hydrogen-bond acceptors (Lipinski definition) is 3. The topological polar surface area (TPSA) is 71.4 Å². The second-order valence-corrected chi connectivity index (χ2v) is 3.54. The second kappa shape index (κ2) is 10.1. The summed E-state index contributed by atoms with van der Waals surface area (Å²) in [5.74, 6) is -0.681. The number of rotatable bonds is 10. The Kier molecular flexibility index (Phi) is 9.17. The maximum Gasteiger partial charge on any atom is 0.303 e. The molecule has 0 rings (SSSR count). The predicted molar refractivity (Wildman–Crippen MR) is 60.2 cm³/mol. The molecule has 0 bridgehead atoms. The molecule has 0 aromatic rings. The van der Waals surface area contributed by atoms with Gasteiger partial charge in [-0.05, 0) is 19.3 Å². The summed E-state index contributed by atoms with van der Waals surface area (Å²) in [6.45, 7) is 0. The van der Waals surface area contributed by atoms with Gasteiger partial charge in [0, 0.05) is 25.7 Å². The highest BCUT2D eigenvalue weighted by molar-refractivity contribution is 5.80. The molecule has 0 fully saturated rings. The highest BCUT2D eigenvalue weighted by atomic mass is 16.4. The van der Waals surface area contributed by atoms with Crippen LogP contribution in [0.1, 0.15) is 44.9 Å². The van der Waals surface area contributed by atoms with E-state index in [2.05, 4.69) is 0 Å². The van der Waals surface area contributed by atoms with Gasteiger partial charge < -0.3 is 9.90 Å². The third-order valence-electron chi connectivity index (χ3n) is 2.06. The van der Waals surface area contributed by atoms with E-state index in [1.165, 1.54) is 0 Å². The van der Waals surface area contributed by atoms with Crippen LogP contribution in [0.4, 0.5) is 0 Å². The summed E-state index contributed by atoms with van der Waals surface area (Å²) in [7, 11) is 0. The average Bonchev–Trinajstić information content (AvgIpc) is 2.24. The van der Waals surface area contributed by atoms with Crippen LogP contribution >= 0.6 is 0 Å². The third-order valence-corrected chi connectivity index (χ3v) is 2.06. The Morgan fingerprint density at radius 3 is 2.19 bits per heavy atom. The summed E-state index contributed by atoms with van der Waals surface area (Å²) in [6, 6.07) is 0. The zero-order valence-corrected chi connectivity index (χ0v) is 9.35. The molecule has 1 N–H and O–H groups in total. The first-order valence-corrected chi connectivity index (χ1v) is 5.49. The Bertz CT molecular complexity index is 256. The molecule has 0 radical (unpaired) electrons. The van der Waals surface area contributed by atoms with Crippen molar-refractivity contribution in [1.82, 2.24) is 0 Å². The van der Waals surface area contributed by atoms with E-state index in [9.17, 15) is 14.4 Å². The van der Waals surface area contributed by atoms with Gasteiger partial charge >= 0.3 is 5.97 Å². The van der Waals surface area contributed by atoms with Gasteiger partial charge in [-0.2, -0.15) is 0 Å². The minimum Gasteiger partial charge on any atom is -0.481 e. The molecule has 0 saturated carbocycles. The molecule has 0 aliphatic rings. The number of carboxylic acid groups (broad SMARTS) is 1.